The molecule has 0 saturated carbocycles. The van der Waals surface area contributed by atoms with Gasteiger partial charge in [-0.15, -0.1) is 0 Å². The molecule has 1 heterocycles. The molecule has 1 aliphatic rings. The molecule has 0 aromatic heterocycles. The number of aryl methyl sites for hydroxylation is 1. The largest absolute Gasteiger partial charge is 0.491 e. The second kappa shape index (κ2) is 13.3. The van der Waals surface area contributed by atoms with Crippen molar-refractivity contribution in [3.8, 4) is 5.75 Å². The zero-order valence-corrected chi connectivity index (χ0v) is 24.4. The predicted molar refractivity (Wildman–Crippen MR) is 154 cm³/mol. The lowest BCUT2D eigenvalue weighted by Gasteiger charge is -2.39. The lowest BCUT2D eigenvalue weighted by atomic mass is 9.72. The molecule has 206 valence electrons. The zero-order chi connectivity index (χ0) is 26.9. The van der Waals surface area contributed by atoms with E-state index in [2.05, 4.69) is 90.1 Å². The van der Waals surface area contributed by atoms with Gasteiger partial charge < -0.3 is 19.1 Å². The molecule has 37 heavy (non-hydrogen) atoms. The molecule has 0 spiro atoms. The maximum absolute atomic E-state index is 10.9. The minimum atomic E-state index is -0.465. The first-order valence-corrected chi connectivity index (χ1v) is 14.4. The fourth-order valence-electron chi connectivity index (χ4n) is 6.21. The lowest BCUT2D eigenvalue weighted by molar-refractivity contribution is -0.943. The molecule has 1 saturated heterocycles. The van der Waals surface area contributed by atoms with Crippen molar-refractivity contribution in [2.75, 3.05) is 39.5 Å². The molecule has 1 aliphatic heterocycles. The van der Waals surface area contributed by atoms with Gasteiger partial charge in [0, 0.05) is 5.56 Å². The van der Waals surface area contributed by atoms with Gasteiger partial charge in [-0.05, 0) is 67.6 Å². The van der Waals surface area contributed by atoms with Crippen LogP contribution in [0.25, 0.3) is 0 Å². The molecular formula is C33H52NO3+. The Kier molecular flexibility index (Phi) is 10.6. The van der Waals surface area contributed by atoms with Crippen molar-refractivity contribution in [1.29, 1.82) is 0 Å². The van der Waals surface area contributed by atoms with E-state index in [1.54, 1.807) is 0 Å². The molecule has 4 nitrogen and oxygen atoms in total. The lowest BCUT2D eigenvalue weighted by Crippen LogP contribution is -2.53. The van der Waals surface area contributed by atoms with Crippen LogP contribution in [0.15, 0.2) is 48.5 Å². The standard InChI is InChI=1S/C33H52NO3/c1-27-11-13-28(14-12-27)23-34(19-9-7-8-10-20-34)24-30(35)25-36-21-22-37-31-17-15-29(16-18-31)33(5,6)26-32(2,3)4/h11-18,30,35H,7-10,19-26H2,1-6H3/q+1. The summed E-state index contributed by atoms with van der Waals surface area (Å²) < 4.78 is 12.7. The average molecular weight is 511 g/mol. The molecule has 4 heteroatoms. The number of nitrogens with zero attached hydrogens (tertiary/aromatic N) is 1. The fraction of sp³-hybridized carbons (Fsp3) is 0.636. The van der Waals surface area contributed by atoms with E-state index in [0.29, 0.717) is 19.8 Å². The summed E-state index contributed by atoms with van der Waals surface area (Å²) in [5.74, 6) is 0.867. The van der Waals surface area contributed by atoms with Gasteiger partial charge in [0.15, 0.2) is 0 Å². The van der Waals surface area contributed by atoms with Crippen LogP contribution >= 0.6 is 0 Å². The Morgan fingerprint density at radius 3 is 2.05 bits per heavy atom. The molecule has 1 atom stereocenters. The Hall–Kier alpha value is -1.88. The number of quaternary nitrogens is 1. The quantitative estimate of drug-likeness (QED) is 0.245. The smallest absolute Gasteiger partial charge is 0.126 e. The maximum Gasteiger partial charge on any atom is 0.126 e. The van der Waals surface area contributed by atoms with Crippen molar-refractivity contribution in [2.24, 2.45) is 5.41 Å². The number of benzene rings is 2. The molecule has 0 bridgehead atoms. The van der Waals surface area contributed by atoms with E-state index >= 15 is 0 Å². The molecule has 0 aliphatic carbocycles. The monoisotopic (exact) mass is 510 g/mol. The van der Waals surface area contributed by atoms with Gasteiger partial charge in [-0.3, -0.25) is 0 Å². The molecule has 0 radical (unpaired) electrons. The molecule has 3 rings (SSSR count). The van der Waals surface area contributed by atoms with E-state index in [0.717, 1.165) is 42.8 Å². The fourth-order valence-corrected chi connectivity index (χ4v) is 6.21. The summed E-state index contributed by atoms with van der Waals surface area (Å²) in [6, 6.07) is 17.4. The molecule has 1 fully saturated rings. The summed E-state index contributed by atoms with van der Waals surface area (Å²) in [6.45, 7) is 19.0. The normalized spacial score (nSPS) is 17.3. The highest BCUT2D eigenvalue weighted by Gasteiger charge is 2.32. The van der Waals surface area contributed by atoms with Crippen LogP contribution in [-0.4, -0.2) is 55.1 Å². The van der Waals surface area contributed by atoms with Crippen LogP contribution in [-0.2, 0) is 16.7 Å². The van der Waals surface area contributed by atoms with Gasteiger partial charge in [0.2, 0.25) is 0 Å². The second-order valence-corrected chi connectivity index (χ2v) is 13.3. The third kappa shape index (κ3) is 10.1. The van der Waals surface area contributed by atoms with Crippen LogP contribution in [0.2, 0.25) is 0 Å². The van der Waals surface area contributed by atoms with E-state index < -0.39 is 6.10 Å². The first-order chi connectivity index (χ1) is 17.5. The summed E-state index contributed by atoms with van der Waals surface area (Å²) >= 11 is 0. The van der Waals surface area contributed by atoms with Crippen LogP contribution in [0, 0.1) is 12.3 Å². The average Bonchev–Trinajstić information content (AvgIpc) is 3.04. The predicted octanol–water partition coefficient (Wildman–Crippen LogP) is 7.06. The third-order valence-electron chi connectivity index (χ3n) is 7.67. The van der Waals surface area contributed by atoms with Crippen LogP contribution in [0.4, 0.5) is 0 Å². The molecule has 1 N–H and O–H groups in total. The summed E-state index contributed by atoms with van der Waals surface area (Å²) in [6.07, 6.45) is 5.73. The highest BCUT2D eigenvalue weighted by molar-refractivity contribution is 5.31. The van der Waals surface area contributed by atoms with E-state index in [1.165, 1.54) is 42.4 Å². The Labute approximate surface area is 226 Å². The van der Waals surface area contributed by atoms with Gasteiger partial charge in [0.1, 0.15) is 31.5 Å². The van der Waals surface area contributed by atoms with Crippen LogP contribution in [0.3, 0.4) is 0 Å². The Morgan fingerprint density at radius 1 is 0.838 bits per heavy atom. The molecule has 2 aromatic rings. The zero-order valence-electron chi connectivity index (χ0n) is 24.4. The van der Waals surface area contributed by atoms with Gasteiger partial charge >= 0.3 is 0 Å². The van der Waals surface area contributed by atoms with Crippen molar-refractivity contribution >= 4 is 0 Å². The van der Waals surface area contributed by atoms with Crippen LogP contribution in [0.5, 0.6) is 5.75 Å². The Balaban J connectivity index is 1.44. The van der Waals surface area contributed by atoms with Gasteiger partial charge in [0.25, 0.3) is 0 Å². The van der Waals surface area contributed by atoms with Gasteiger partial charge in [-0.25, -0.2) is 0 Å². The van der Waals surface area contributed by atoms with Crippen molar-refractivity contribution in [2.45, 2.75) is 91.7 Å². The van der Waals surface area contributed by atoms with Gasteiger partial charge in [0.05, 0.1) is 26.3 Å². The molecule has 2 aromatic carbocycles. The van der Waals surface area contributed by atoms with Crippen LogP contribution in [0.1, 0.15) is 83.4 Å². The highest BCUT2D eigenvalue weighted by Crippen LogP contribution is 2.36. The number of hydrogen-bond acceptors (Lipinski definition) is 3. The number of rotatable bonds is 12. The number of aliphatic hydroxyl groups is 1. The molecule has 0 amide bonds. The topological polar surface area (TPSA) is 38.7 Å². The minimum Gasteiger partial charge on any atom is -0.491 e. The van der Waals surface area contributed by atoms with E-state index in [-0.39, 0.29) is 10.8 Å². The van der Waals surface area contributed by atoms with E-state index in [9.17, 15) is 5.11 Å². The summed E-state index contributed by atoms with van der Waals surface area (Å²) in [7, 11) is 0. The second-order valence-electron chi connectivity index (χ2n) is 13.3. The number of likely N-dealkylation sites (tertiary alicyclic amines) is 1. The minimum absolute atomic E-state index is 0.128. The number of aliphatic hydroxyl groups excluding tert-OH is 1. The van der Waals surface area contributed by atoms with Crippen molar-refractivity contribution in [1.82, 2.24) is 0 Å². The van der Waals surface area contributed by atoms with Crippen molar-refractivity contribution in [3.05, 3.63) is 65.2 Å². The number of hydrogen-bond donors (Lipinski definition) is 1. The molecular weight excluding hydrogens is 458 g/mol. The summed E-state index contributed by atoms with van der Waals surface area (Å²) in [5, 5.41) is 10.9. The van der Waals surface area contributed by atoms with Gasteiger partial charge in [-0.2, -0.15) is 0 Å². The summed E-state index contributed by atoms with van der Waals surface area (Å²) in [5.41, 5.74) is 4.41. The van der Waals surface area contributed by atoms with Gasteiger partial charge in [-0.1, -0.05) is 76.6 Å². The third-order valence-corrected chi connectivity index (χ3v) is 7.67. The highest BCUT2D eigenvalue weighted by atomic mass is 16.5. The number of ether oxygens (including phenoxy) is 2. The van der Waals surface area contributed by atoms with Crippen molar-refractivity contribution < 1.29 is 19.1 Å². The van der Waals surface area contributed by atoms with Crippen molar-refractivity contribution in [3.63, 3.8) is 0 Å². The Morgan fingerprint density at radius 2 is 1.46 bits per heavy atom. The first-order valence-electron chi connectivity index (χ1n) is 14.4. The first kappa shape index (κ1) is 29.7. The van der Waals surface area contributed by atoms with E-state index in [4.69, 9.17) is 9.47 Å². The molecule has 1 unspecified atom stereocenters. The van der Waals surface area contributed by atoms with E-state index in [1.807, 2.05) is 0 Å². The Bertz CT molecular complexity index is 920. The van der Waals surface area contributed by atoms with Crippen LogP contribution < -0.4 is 4.74 Å². The summed E-state index contributed by atoms with van der Waals surface area (Å²) in [4.78, 5) is 0. The SMILES string of the molecule is Cc1ccc(C[N+]2(CC(O)COCCOc3ccc(C(C)(C)CC(C)(C)C)cc3)CCCCCC2)cc1. The maximum atomic E-state index is 10.9.